The molecule has 0 amide bonds. The highest BCUT2D eigenvalue weighted by molar-refractivity contribution is 5.69. The van der Waals surface area contributed by atoms with Gasteiger partial charge in [-0.25, -0.2) is 8.78 Å². The summed E-state index contributed by atoms with van der Waals surface area (Å²) in [7, 11) is 0. The number of pyridine rings is 1. The fraction of sp³-hybridized carbons (Fsp3) is 0.333. The van der Waals surface area contributed by atoms with Crippen LogP contribution in [0.5, 0.6) is 5.75 Å². The predicted molar refractivity (Wildman–Crippen MR) is 50.0 cm³/mol. The average molecular weight is 287 g/mol. The second kappa shape index (κ2) is 5.24. The van der Waals surface area contributed by atoms with Gasteiger partial charge in [-0.15, -0.1) is 13.2 Å². The third-order valence-corrected chi connectivity index (χ3v) is 1.87. The van der Waals surface area contributed by atoms with Crippen LogP contribution in [0.1, 0.15) is 17.7 Å². The monoisotopic (exact) mass is 287 g/mol. The first-order valence-electron chi connectivity index (χ1n) is 4.62. The number of hydrogen-bond donors (Lipinski definition) is 2. The number of aromatic nitrogens is 1. The molecule has 106 valence electrons. The molecule has 0 aliphatic rings. The molecule has 0 fully saturated rings. The lowest BCUT2D eigenvalue weighted by molar-refractivity contribution is -0.275. The van der Waals surface area contributed by atoms with Crippen molar-refractivity contribution in [2.45, 2.75) is 19.2 Å². The number of halogens is 5. The molecule has 0 atom stereocenters. The van der Waals surface area contributed by atoms with Crippen LogP contribution in [0.15, 0.2) is 10.9 Å². The number of carboxylic acids is 1. The Morgan fingerprint density at radius 3 is 2.42 bits per heavy atom. The minimum atomic E-state index is -5.31. The lowest BCUT2D eigenvalue weighted by Gasteiger charge is -2.12. The molecule has 0 aliphatic heterocycles. The molecule has 0 aliphatic carbocycles. The van der Waals surface area contributed by atoms with Gasteiger partial charge in [0.05, 0.1) is 12.0 Å². The predicted octanol–water partition coefficient (Wildman–Crippen LogP) is 1.84. The first-order valence-corrected chi connectivity index (χ1v) is 4.62. The third-order valence-electron chi connectivity index (χ3n) is 1.87. The summed E-state index contributed by atoms with van der Waals surface area (Å²) < 4.78 is 64.2. The summed E-state index contributed by atoms with van der Waals surface area (Å²) in [6.45, 7) is 0. The van der Waals surface area contributed by atoms with E-state index >= 15 is 0 Å². The number of carbonyl (C=O) groups is 1. The Morgan fingerprint density at radius 2 is 2.00 bits per heavy atom. The van der Waals surface area contributed by atoms with Gasteiger partial charge in [-0.3, -0.25) is 9.59 Å². The fourth-order valence-corrected chi connectivity index (χ4v) is 1.26. The molecule has 1 heterocycles. The van der Waals surface area contributed by atoms with Gasteiger partial charge < -0.3 is 14.8 Å². The van der Waals surface area contributed by atoms with Crippen LogP contribution in [0.25, 0.3) is 0 Å². The molecule has 0 bridgehead atoms. The molecule has 0 radical (unpaired) electrons. The van der Waals surface area contributed by atoms with Crippen molar-refractivity contribution in [2.24, 2.45) is 0 Å². The van der Waals surface area contributed by atoms with Gasteiger partial charge in [0.15, 0.2) is 0 Å². The number of aromatic amines is 1. The fourth-order valence-electron chi connectivity index (χ4n) is 1.26. The van der Waals surface area contributed by atoms with E-state index in [1.807, 2.05) is 0 Å². The highest BCUT2D eigenvalue weighted by atomic mass is 19.4. The number of aliphatic carboxylic acids is 1. The Balaban J connectivity index is 3.31. The van der Waals surface area contributed by atoms with Gasteiger partial charge in [-0.2, -0.15) is 0 Å². The van der Waals surface area contributed by atoms with Gasteiger partial charge in [0.25, 0.3) is 12.0 Å². The van der Waals surface area contributed by atoms with E-state index in [2.05, 4.69) is 4.74 Å². The molecule has 1 rings (SSSR count). The van der Waals surface area contributed by atoms with Crippen LogP contribution in [0.4, 0.5) is 22.0 Å². The van der Waals surface area contributed by atoms with Crippen molar-refractivity contribution in [3.63, 3.8) is 0 Å². The van der Waals surface area contributed by atoms with E-state index in [0.717, 1.165) is 0 Å². The van der Waals surface area contributed by atoms with E-state index in [4.69, 9.17) is 5.11 Å². The topological polar surface area (TPSA) is 79.4 Å². The van der Waals surface area contributed by atoms with Crippen molar-refractivity contribution in [2.75, 3.05) is 0 Å². The van der Waals surface area contributed by atoms with Gasteiger partial charge in [0.2, 0.25) is 5.75 Å². The summed E-state index contributed by atoms with van der Waals surface area (Å²) in [5.41, 5.74) is -3.36. The van der Waals surface area contributed by atoms with E-state index in [-0.39, 0.29) is 0 Å². The van der Waals surface area contributed by atoms with Crippen molar-refractivity contribution in [1.82, 2.24) is 4.98 Å². The number of carboxylic acid groups (broad SMARTS) is 1. The highest BCUT2D eigenvalue weighted by Crippen LogP contribution is 2.30. The Bertz CT molecular complexity index is 536. The normalized spacial score (nSPS) is 11.7. The Kier molecular flexibility index (Phi) is 4.12. The van der Waals surface area contributed by atoms with Gasteiger partial charge in [-0.1, -0.05) is 0 Å². The zero-order valence-corrected chi connectivity index (χ0v) is 8.92. The average Bonchev–Trinajstić information content (AvgIpc) is 2.18. The number of alkyl halides is 5. The Hall–Kier alpha value is -2.13. The van der Waals surface area contributed by atoms with Crippen LogP contribution in [-0.4, -0.2) is 22.4 Å². The number of rotatable bonds is 4. The highest BCUT2D eigenvalue weighted by Gasteiger charge is 2.35. The SMILES string of the molecule is O=C(O)Cc1cc(C(F)F)c(OC(F)(F)F)c(=O)[nH]1. The van der Waals surface area contributed by atoms with Crippen LogP contribution in [-0.2, 0) is 11.2 Å². The van der Waals surface area contributed by atoms with E-state index in [1.165, 1.54) is 0 Å². The lowest BCUT2D eigenvalue weighted by Crippen LogP contribution is -2.25. The summed E-state index contributed by atoms with van der Waals surface area (Å²) in [6.07, 6.45) is -9.56. The molecule has 0 aromatic carbocycles. The number of hydrogen-bond acceptors (Lipinski definition) is 3. The molecule has 19 heavy (non-hydrogen) atoms. The first kappa shape index (κ1) is 14.9. The zero-order chi connectivity index (χ0) is 14.8. The molecule has 2 N–H and O–H groups in total. The van der Waals surface area contributed by atoms with Crippen LogP contribution >= 0.6 is 0 Å². The molecule has 1 aromatic rings. The summed E-state index contributed by atoms with van der Waals surface area (Å²) in [5.74, 6) is -3.04. The van der Waals surface area contributed by atoms with Crippen molar-refractivity contribution in [1.29, 1.82) is 0 Å². The summed E-state index contributed by atoms with van der Waals surface area (Å²) in [6, 6.07) is 0.446. The molecule has 10 heteroatoms. The van der Waals surface area contributed by atoms with Crippen molar-refractivity contribution >= 4 is 5.97 Å². The minimum absolute atomic E-state index is 0.446. The van der Waals surface area contributed by atoms with E-state index in [0.29, 0.717) is 6.07 Å². The number of nitrogens with one attached hydrogen (secondary N) is 1. The van der Waals surface area contributed by atoms with Crippen molar-refractivity contribution in [3.05, 3.63) is 27.7 Å². The van der Waals surface area contributed by atoms with Crippen LogP contribution in [0, 0.1) is 0 Å². The second-order valence-corrected chi connectivity index (χ2v) is 3.33. The molecule has 1 aromatic heterocycles. The zero-order valence-electron chi connectivity index (χ0n) is 8.92. The van der Waals surface area contributed by atoms with Crippen molar-refractivity contribution < 1.29 is 36.6 Å². The molecule has 5 nitrogen and oxygen atoms in total. The minimum Gasteiger partial charge on any atom is -0.481 e. The van der Waals surface area contributed by atoms with Gasteiger partial charge in [-0.05, 0) is 6.07 Å². The van der Waals surface area contributed by atoms with E-state index in [9.17, 15) is 31.5 Å². The maximum Gasteiger partial charge on any atom is 0.573 e. The van der Waals surface area contributed by atoms with Gasteiger partial charge in [0, 0.05) is 5.69 Å². The summed E-state index contributed by atoms with van der Waals surface area (Å²) >= 11 is 0. The quantitative estimate of drug-likeness (QED) is 0.828. The standard InChI is InChI=1S/C9H6F5NO4/c10-7(11)4-1-3(2-5(16)17)15-8(18)6(4)19-9(12,13)14/h1,7H,2H2,(H,15,18)(H,16,17). The summed E-state index contributed by atoms with van der Waals surface area (Å²) in [4.78, 5) is 23.3. The molecular weight excluding hydrogens is 281 g/mol. The maximum atomic E-state index is 12.6. The van der Waals surface area contributed by atoms with E-state index < -0.39 is 47.7 Å². The van der Waals surface area contributed by atoms with Crippen LogP contribution in [0.3, 0.4) is 0 Å². The number of H-pyrrole nitrogens is 1. The Morgan fingerprint density at radius 1 is 1.42 bits per heavy atom. The molecular formula is C9H6F5NO4. The molecule has 0 spiro atoms. The second-order valence-electron chi connectivity index (χ2n) is 3.33. The maximum absolute atomic E-state index is 12.6. The Labute approximate surface area is 101 Å². The first-order chi connectivity index (χ1) is 8.60. The third kappa shape index (κ3) is 4.23. The largest absolute Gasteiger partial charge is 0.573 e. The van der Waals surface area contributed by atoms with Gasteiger partial charge >= 0.3 is 12.3 Å². The lowest BCUT2D eigenvalue weighted by atomic mass is 10.2. The molecule has 0 saturated carbocycles. The van der Waals surface area contributed by atoms with Crippen molar-refractivity contribution in [3.8, 4) is 5.75 Å². The van der Waals surface area contributed by atoms with Gasteiger partial charge in [0.1, 0.15) is 0 Å². The molecule has 0 saturated heterocycles. The summed E-state index contributed by atoms with van der Waals surface area (Å²) in [5, 5.41) is 8.42. The smallest absolute Gasteiger partial charge is 0.481 e. The van der Waals surface area contributed by atoms with Crippen LogP contribution in [0.2, 0.25) is 0 Å². The van der Waals surface area contributed by atoms with Crippen LogP contribution < -0.4 is 10.3 Å². The van der Waals surface area contributed by atoms with E-state index in [1.54, 1.807) is 4.98 Å². The molecule has 0 unspecified atom stereocenters. The number of ether oxygens (including phenoxy) is 1.